The second kappa shape index (κ2) is 7.57. The summed E-state index contributed by atoms with van der Waals surface area (Å²) in [5.74, 6) is -0.505. The van der Waals surface area contributed by atoms with Crippen LogP contribution in [-0.2, 0) is 17.4 Å². The van der Waals surface area contributed by atoms with E-state index in [0.29, 0.717) is 36.2 Å². The highest BCUT2D eigenvalue weighted by Crippen LogP contribution is 2.35. The number of fused-ring (bicyclic) bond motifs is 2. The van der Waals surface area contributed by atoms with Crippen LogP contribution < -0.4 is 0 Å². The number of hydrogen-bond donors (Lipinski definition) is 0. The molecule has 0 radical (unpaired) electrons. The van der Waals surface area contributed by atoms with E-state index >= 15 is 0 Å². The molecule has 4 rings (SSSR count). The summed E-state index contributed by atoms with van der Waals surface area (Å²) in [4.78, 5) is 22.7. The van der Waals surface area contributed by atoms with Gasteiger partial charge in [0.15, 0.2) is 0 Å². The molecule has 0 N–H and O–H groups in total. The van der Waals surface area contributed by atoms with Crippen molar-refractivity contribution in [3.05, 3.63) is 22.8 Å². The zero-order valence-electron chi connectivity index (χ0n) is 16.8. The van der Waals surface area contributed by atoms with E-state index in [1.165, 1.54) is 25.7 Å². The molecule has 3 heterocycles. The number of amides is 1. The summed E-state index contributed by atoms with van der Waals surface area (Å²) in [7, 11) is 0. The first-order chi connectivity index (χ1) is 13.8. The highest BCUT2D eigenvalue weighted by molar-refractivity contribution is 5.77. The molecule has 1 amide bonds. The zero-order valence-corrected chi connectivity index (χ0v) is 16.8. The number of halogens is 3. The maximum absolute atomic E-state index is 13.0. The largest absolute Gasteiger partial charge is 0.453 e. The van der Waals surface area contributed by atoms with E-state index < -0.39 is 12.0 Å². The van der Waals surface area contributed by atoms with E-state index in [0.717, 1.165) is 29.5 Å². The third-order valence-electron chi connectivity index (χ3n) is 6.45. The van der Waals surface area contributed by atoms with Gasteiger partial charge >= 0.3 is 6.18 Å². The Balaban J connectivity index is 1.52. The fraction of sp³-hybridized carbons (Fsp3) is 0.700. The van der Waals surface area contributed by atoms with Gasteiger partial charge in [-0.25, -0.2) is 9.50 Å². The molecule has 158 valence electrons. The monoisotopic (exact) mass is 409 g/mol. The van der Waals surface area contributed by atoms with Gasteiger partial charge in [-0.1, -0.05) is 12.8 Å². The molecule has 2 atom stereocenters. The summed E-state index contributed by atoms with van der Waals surface area (Å²) < 4.78 is 39.9. The molecule has 1 saturated carbocycles. The number of rotatable bonds is 3. The Labute approximate surface area is 167 Å². The molecule has 1 saturated heterocycles. The van der Waals surface area contributed by atoms with Gasteiger partial charge in [-0.3, -0.25) is 4.79 Å². The van der Waals surface area contributed by atoms with E-state index in [1.807, 2.05) is 0 Å². The van der Waals surface area contributed by atoms with Gasteiger partial charge in [0.25, 0.3) is 11.6 Å². The second-order valence-electron chi connectivity index (χ2n) is 8.25. The number of aryl methyl sites for hydroxylation is 2. The molecule has 0 spiro atoms. The van der Waals surface area contributed by atoms with Gasteiger partial charge in [-0.15, -0.1) is 5.10 Å². The van der Waals surface area contributed by atoms with Crippen molar-refractivity contribution in [3.63, 3.8) is 0 Å². The molecule has 2 fully saturated rings. The summed E-state index contributed by atoms with van der Waals surface area (Å²) in [5, 5.41) is 3.58. The smallest absolute Gasteiger partial charge is 0.339 e. The van der Waals surface area contributed by atoms with Crippen molar-refractivity contribution in [2.75, 3.05) is 6.54 Å². The van der Waals surface area contributed by atoms with Crippen LogP contribution in [0.25, 0.3) is 5.78 Å². The third-order valence-corrected chi connectivity index (χ3v) is 6.45. The molecule has 2 aromatic heterocycles. The van der Waals surface area contributed by atoms with Crippen LogP contribution in [0.1, 0.15) is 67.7 Å². The SMILES string of the molecule is Cc1nc2nc(C(F)(F)F)nn2c(C)c1CCC(=O)N1CCC[C@H]2CCCC[C@H]21. The van der Waals surface area contributed by atoms with E-state index in [-0.39, 0.29) is 11.7 Å². The number of carbonyl (C=O) groups excluding carboxylic acids is 1. The Morgan fingerprint density at radius 3 is 2.59 bits per heavy atom. The van der Waals surface area contributed by atoms with Crippen molar-refractivity contribution >= 4 is 11.7 Å². The van der Waals surface area contributed by atoms with Crippen molar-refractivity contribution < 1.29 is 18.0 Å². The summed E-state index contributed by atoms with van der Waals surface area (Å²) in [6.45, 7) is 4.26. The van der Waals surface area contributed by atoms with Crippen LogP contribution in [0.5, 0.6) is 0 Å². The summed E-state index contributed by atoms with van der Waals surface area (Å²) in [6.07, 6.45) is 3.14. The minimum atomic E-state index is -4.62. The predicted molar refractivity (Wildman–Crippen MR) is 100 cm³/mol. The molecule has 2 aliphatic rings. The maximum Gasteiger partial charge on any atom is 0.453 e. The lowest BCUT2D eigenvalue weighted by Crippen LogP contribution is -2.49. The van der Waals surface area contributed by atoms with Gasteiger partial charge in [-0.2, -0.15) is 18.2 Å². The first kappa shape index (κ1) is 20.1. The molecule has 0 aromatic carbocycles. The van der Waals surface area contributed by atoms with Crippen molar-refractivity contribution in [1.29, 1.82) is 0 Å². The standard InChI is InChI=1S/C20H26F3N5O/c1-12-15(13(2)28-19(24-12)25-18(26-28)20(21,22)23)9-10-17(29)27-11-5-7-14-6-3-4-8-16(14)27/h14,16H,3-11H2,1-2H3/t14-,16-/m1/s1. The van der Waals surface area contributed by atoms with Crippen molar-refractivity contribution in [3.8, 4) is 0 Å². The third kappa shape index (κ3) is 3.83. The fourth-order valence-corrected chi connectivity index (χ4v) is 5.00. The molecule has 29 heavy (non-hydrogen) atoms. The van der Waals surface area contributed by atoms with Gasteiger partial charge in [-0.05, 0) is 57.4 Å². The lowest BCUT2D eigenvalue weighted by Gasteiger charge is -2.44. The van der Waals surface area contributed by atoms with Crippen LogP contribution in [-0.4, -0.2) is 43.0 Å². The van der Waals surface area contributed by atoms with Gasteiger partial charge in [0.1, 0.15) is 0 Å². The molecule has 1 aliphatic heterocycles. The number of aromatic nitrogens is 4. The van der Waals surface area contributed by atoms with Gasteiger partial charge < -0.3 is 4.90 Å². The van der Waals surface area contributed by atoms with Crippen LogP contribution in [0.15, 0.2) is 0 Å². The molecular formula is C20H26F3N5O. The molecule has 9 heteroatoms. The highest BCUT2D eigenvalue weighted by Gasteiger charge is 2.37. The number of carbonyl (C=O) groups is 1. The number of hydrogen-bond acceptors (Lipinski definition) is 4. The Hall–Kier alpha value is -2.19. The number of piperidine rings is 1. The van der Waals surface area contributed by atoms with Crippen LogP contribution in [0.3, 0.4) is 0 Å². The highest BCUT2D eigenvalue weighted by atomic mass is 19.4. The first-order valence-corrected chi connectivity index (χ1v) is 10.3. The summed E-state index contributed by atoms with van der Waals surface area (Å²) in [6, 6.07) is 0.359. The molecule has 6 nitrogen and oxygen atoms in total. The maximum atomic E-state index is 13.0. The average molecular weight is 409 g/mol. The van der Waals surface area contributed by atoms with Crippen molar-refractivity contribution in [1.82, 2.24) is 24.5 Å². The summed E-state index contributed by atoms with van der Waals surface area (Å²) >= 11 is 0. The Kier molecular flexibility index (Phi) is 5.25. The molecular weight excluding hydrogens is 383 g/mol. The van der Waals surface area contributed by atoms with E-state index in [9.17, 15) is 18.0 Å². The number of likely N-dealkylation sites (tertiary alicyclic amines) is 1. The lowest BCUT2D eigenvalue weighted by molar-refractivity contribution is -0.144. The lowest BCUT2D eigenvalue weighted by atomic mass is 9.78. The Bertz CT molecular complexity index is 921. The number of alkyl halides is 3. The predicted octanol–water partition coefficient (Wildman–Crippen LogP) is 3.87. The van der Waals surface area contributed by atoms with E-state index in [1.54, 1.807) is 13.8 Å². The first-order valence-electron chi connectivity index (χ1n) is 10.3. The van der Waals surface area contributed by atoms with E-state index in [4.69, 9.17) is 0 Å². The van der Waals surface area contributed by atoms with Crippen molar-refractivity contribution in [2.45, 2.75) is 77.4 Å². The van der Waals surface area contributed by atoms with Crippen molar-refractivity contribution in [2.24, 2.45) is 5.92 Å². The minimum Gasteiger partial charge on any atom is -0.339 e. The second-order valence-corrected chi connectivity index (χ2v) is 8.25. The van der Waals surface area contributed by atoms with Crippen LogP contribution in [0.2, 0.25) is 0 Å². The minimum absolute atomic E-state index is 0.0662. The van der Waals surface area contributed by atoms with E-state index in [2.05, 4.69) is 20.0 Å². The summed E-state index contributed by atoms with van der Waals surface area (Å²) in [5.41, 5.74) is 1.91. The molecule has 2 aromatic rings. The van der Waals surface area contributed by atoms with Crippen LogP contribution in [0, 0.1) is 19.8 Å². The van der Waals surface area contributed by atoms with Crippen LogP contribution in [0.4, 0.5) is 13.2 Å². The number of nitrogens with zero attached hydrogens (tertiary/aromatic N) is 5. The van der Waals surface area contributed by atoms with Gasteiger partial charge in [0.05, 0.1) is 0 Å². The molecule has 0 bridgehead atoms. The fourth-order valence-electron chi connectivity index (χ4n) is 5.00. The van der Waals surface area contributed by atoms with Crippen LogP contribution >= 0.6 is 0 Å². The Morgan fingerprint density at radius 2 is 1.83 bits per heavy atom. The normalized spacial score (nSPS) is 22.7. The molecule has 0 unspecified atom stereocenters. The average Bonchev–Trinajstić information content (AvgIpc) is 3.12. The Morgan fingerprint density at radius 1 is 1.10 bits per heavy atom. The van der Waals surface area contributed by atoms with Gasteiger partial charge in [0, 0.05) is 30.4 Å². The zero-order chi connectivity index (χ0) is 20.8. The topological polar surface area (TPSA) is 63.4 Å². The van der Waals surface area contributed by atoms with Gasteiger partial charge in [0.2, 0.25) is 5.91 Å². The molecule has 1 aliphatic carbocycles. The quantitative estimate of drug-likeness (QED) is 0.772.